The molecule has 0 saturated heterocycles. The van der Waals surface area contributed by atoms with Crippen LogP contribution in [0.15, 0.2) is 59.6 Å². The molecule has 0 aliphatic carbocycles. The van der Waals surface area contributed by atoms with Gasteiger partial charge in [-0.25, -0.2) is 14.6 Å². The van der Waals surface area contributed by atoms with Gasteiger partial charge in [0.2, 0.25) is 5.90 Å². The number of para-hydroxylation sites is 1. The lowest BCUT2D eigenvalue weighted by molar-refractivity contribution is -0.152. The van der Waals surface area contributed by atoms with Crippen LogP contribution in [0.1, 0.15) is 32.8 Å². The Hall–Kier alpha value is -2.97. The van der Waals surface area contributed by atoms with Gasteiger partial charge in [-0.1, -0.05) is 39.0 Å². The first-order chi connectivity index (χ1) is 15.5. The third-order valence-corrected chi connectivity index (χ3v) is 10.7. The largest absolute Gasteiger partial charge is 0.497 e. The van der Waals surface area contributed by atoms with Crippen molar-refractivity contribution in [1.29, 1.82) is 0 Å². The molecule has 0 fully saturated rings. The van der Waals surface area contributed by atoms with Crippen molar-refractivity contribution >= 4 is 26.2 Å². The van der Waals surface area contributed by atoms with Gasteiger partial charge in [-0.3, -0.25) is 0 Å². The molecule has 0 N–H and O–H groups in total. The van der Waals surface area contributed by atoms with Crippen LogP contribution < -0.4 is 9.47 Å². The third kappa shape index (κ3) is 5.34. The van der Waals surface area contributed by atoms with Gasteiger partial charge in [0.25, 0.3) is 5.54 Å². The SMILES string of the molecule is COc1ccc(C2=N[C@](CCO[Si](C)(C)C(C)(C)C)(C(=O)Oc3ccccc3)C(=O)O2)cc1. The van der Waals surface area contributed by atoms with Gasteiger partial charge in [-0.05, 0) is 54.5 Å². The molecule has 7 nitrogen and oxygen atoms in total. The highest BCUT2D eigenvalue weighted by Gasteiger charge is 2.54. The second-order valence-electron chi connectivity index (χ2n) is 9.46. The average molecular weight is 470 g/mol. The zero-order valence-electron chi connectivity index (χ0n) is 20.0. The fourth-order valence-electron chi connectivity index (χ4n) is 3.01. The van der Waals surface area contributed by atoms with Gasteiger partial charge in [0, 0.05) is 18.6 Å². The number of carbonyl (C=O) groups is 2. The van der Waals surface area contributed by atoms with Crippen LogP contribution in [0.5, 0.6) is 11.5 Å². The van der Waals surface area contributed by atoms with E-state index in [9.17, 15) is 9.59 Å². The predicted octanol–water partition coefficient (Wildman–Crippen LogP) is 4.75. The van der Waals surface area contributed by atoms with Gasteiger partial charge in [-0.2, -0.15) is 0 Å². The zero-order valence-corrected chi connectivity index (χ0v) is 21.0. The van der Waals surface area contributed by atoms with Crippen molar-refractivity contribution in [2.45, 2.75) is 50.9 Å². The van der Waals surface area contributed by atoms with Gasteiger partial charge >= 0.3 is 11.9 Å². The van der Waals surface area contributed by atoms with Crippen molar-refractivity contribution in [2.75, 3.05) is 13.7 Å². The second-order valence-corrected chi connectivity index (χ2v) is 14.3. The minimum atomic E-state index is -2.10. The maximum atomic E-state index is 13.3. The van der Waals surface area contributed by atoms with E-state index in [1.54, 1.807) is 55.6 Å². The highest BCUT2D eigenvalue weighted by molar-refractivity contribution is 6.74. The number of aliphatic imine (C=N–C) groups is 1. The van der Waals surface area contributed by atoms with E-state index in [1.807, 2.05) is 6.07 Å². The highest BCUT2D eigenvalue weighted by Crippen LogP contribution is 2.37. The number of hydrogen-bond donors (Lipinski definition) is 0. The lowest BCUT2D eigenvalue weighted by Gasteiger charge is -2.36. The molecule has 1 atom stereocenters. The molecule has 176 valence electrons. The van der Waals surface area contributed by atoms with Gasteiger partial charge in [0.05, 0.1) is 7.11 Å². The van der Waals surface area contributed by atoms with Crippen LogP contribution in [0.25, 0.3) is 0 Å². The molecule has 2 aromatic carbocycles. The standard InChI is InChI=1S/C25H31NO6Si/c1-24(2,3)33(5,6)30-17-16-25(22(27)31-20-10-8-7-9-11-20)23(28)32-21(26-25)18-12-14-19(29-4)15-13-18/h7-15H,16-17H2,1-6H3/t25-/m1/s1. The summed E-state index contributed by atoms with van der Waals surface area (Å²) in [4.78, 5) is 30.8. The highest BCUT2D eigenvalue weighted by atomic mass is 28.4. The minimum absolute atomic E-state index is 0.0155. The second kappa shape index (κ2) is 9.49. The smallest absolute Gasteiger partial charge is 0.352 e. The number of nitrogens with zero attached hydrogens (tertiary/aromatic N) is 1. The van der Waals surface area contributed by atoms with E-state index < -0.39 is 25.8 Å². The minimum Gasteiger partial charge on any atom is -0.497 e. The maximum Gasteiger partial charge on any atom is 0.352 e. The van der Waals surface area contributed by atoms with Crippen molar-refractivity contribution in [3.63, 3.8) is 0 Å². The summed E-state index contributed by atoms with van der Waals surface area (Å²) in [7, 11) is -0.534. The van der Waals surface area contributed by atoms with E-state index in [0.717, 1.165) is 0 Å². The summed E-state index contributed by atoms with van der Waals surface area (Å²) in [5.74, 6) is -0.511. The molecule has 0 aromatic heterocycles. The van der Waals surface area contributed by atoms with E-state index in [1.165, 1.54) is 0 Å². The Labute approximate surface area is 195 Å². The number of rotatable bonds is 8. The van der Waals surface area contributed by atoms with E-state index in [0.29, 0.717) is 17.1 Å². The molecule has 0 unspecified atom stereocenters. The Kier molecular flexibility index (Phi) is 7.09. The molecule has 1 aliphatic rings. The Morgan fingerprint density at radius 1 is 1.03 bits per heavy atom. The fraction of sp³-hybridized carbons (Fsp3) is 0.400. The number of esters is 2. The van der Waals surface area contributed by atoms with Crippen LogP contribution in [-0.4, -0.2) is 45.4 Å². The first-order valence-corrected chi connectivity index (χ1v) is 13.8. The molecular weight excluding hydrogens is 438 g/mol. The van der Waals surface area contributed by atoms with Crippen LogP contribution in [-0.2, 0) is 18.8 Å². The molecular formula is C25H31NO6Si. The summed E-state index contributed by atoms with van der Waals surface area (Å²) in [6.45, 7) is 10.8. The lowest BCUT2D eigenvalue weighted by Crippen LogP contribution is -2.48. The molecule has 0 bridgehead atoms. The molecule has 2 aromatic rings. The zero-order chi connectivity index (χ0) is 24.3. The Morgan fingerprint density at radius 3 is 2.24 bits per heavy atom. The molecule has 33 heavy (non-hydrogen) atoms. The number of carbonyl (C=O) groups excluding carboxylic acids is 2. The number of ether oxygens (including phenoxy) is 3. The summed E-state index contributed by atoms with van der Waals surface area (Å²) in [6.07, 6.45) is 0.0175. The molecule has 1 aliphatic heterocycles. The first-order valence-electron chi connectivity index (χ1n) is 10.9. The van der Waals surface area contributed by atoms with Crippen molar-refractivity contribution < 1.29 is 28.2 Å². The van der Waals surface area contributed by atoms with E-state index in [4.69, 9.17) is 18.6 Å². The van der Waals surface area contributed by atoms with Crippen LogP contribution in [0, 0.1) is 0 Å². The molecule has 8 heteroatoms. The van der Waals surface area contributed by atoms with E-state index in [2.05, 4.69) is 38.9 Å². The summed E-state index contributed by atoms with van der Waals surface area (Å²) in [5.41, 5.74) is -1.28. The molecule has 0 amide bonds. The summed E-state index contributed by atoms with van der Waals surface area (Å²) >= 11 is 0. The topological polar surface area (TPSA) is 83.4 Å². The molecule has 0 radical (unpaired) electrons. The Balaban J connectivity index is 1.91. The normalized spacial score (nSPS) is 18.5. The average Bonchev–Trinajstić information content (AvgIpc) is 3.11. The molecule has 3 rings (SSSR count). The van der Waals surface area contributed by atoms with Crippen LogP contribution in [0.3, 0.4) is 0 Å². The Morgan fingerprint density at radius 2 is 1.67 bits per heavy atom. The van der Waals surface area contributed by atoms with Crippen molar-refractivity contribution in [1.82, 2.24) is 0 Å². The number of benzene rings is 2. The van der Waals surface area contributed by atoms with Gasteiger partial charge < -0.3 is 18.6 Å². The van der Waals surface area contributed by atoms with E-state index >= 15 is 0 Å². The van der Waals surface area contributed by atoms with Crippen LogP contribution >= 0.6 is 0 Å². The maximum absolute atomic E-state index is 13.3. The van der Waals surface area contributed by atoms with Crippen molar-refractivity contribution in [3.05, 3.63) is 60.2 Å². The monoisotopic (exact) mass is 469 g/mol. The fourth-order valence-corrected chi connectivity index (χ4v) is 4.06. The van der Waals surface area contributed by atoms with Crippen molar-refractivity contribution in [2.24, 2.45) is 4.99 Å². The molecule has 0 spiro atoms. The number of hydrogen-bond acceptors (Lipinski definition) is 7. The summed E-state index contributed by atoms with van der Waals surface area (Å²) in [6, 6.07) is 15.5. The van der Waals surface area contributed by atoms with Crippen LogP contribution in [0.2, 0.25) is 18.1 Å². The predicted molar refractivity (Wildman–Crippen MR) is 128 cm³/mol. The summed E-state index contributed by atoms with van der Waals surface area (Å²) in [5, 5.41) is -0.0155. The lowest BCUT2D eigenvalue weighted by atomic mass is 9.97. The summed E-state index contributed by atoms with van der Waals surface area (Å²) < 4.78 is 22.4. The Bertz CT molecular complexity index is 1030. The van der Waals surface area contributed by atoms with Gasteiger partial charge in [0.1, 0.15) is 11.5 Å². The van der Waals surface area contributed by atoms with E-state index in [-0.39, 0.29) is 24.0 Å². The first kappa shape index (κ1) is 24.7. The van der Waals surface area contributed by atoms with Crippen molar-refractivity contribution in [3.8, 4) is 11.5 Å². The van der Waals surface area contributed by atoms with Gasteiger partial charge in [-0.15, -0.1) is 0 Å². The van der Waals surface area contributed by atoms with Gasteiger partial charge in [0.15, 0.2) is 8.32 Å². The molecule has 0 saturated carbocycles. The third-order valence-electron chi connectivity index (χ3n) is 6.18. The molecule has 1 heterocycles. The quantitative estimate of drug-likeness (QED) is 0.240. The number of cyclic esters (lactones) is 1. The number of methoxy groups -OCH3 is 1. The van der Waals surface area contributed by atoms with Crippen LogP contribution in [0.4, 0.5) is 0 Å².